The number of aryl methyl sites for hydroxylation is 1. The van der Waals surface area contributed by atoms with Crippen molar-refractivity contribution in [2.75, 3.05) is 6.79 Å². The van der Waals surface area contributed by atoms with Crippen molar-refractivity contribution in [3.05, 3.63) is 59.1 Å². The Morgan fingerprint density at radius 2 is 1.96 bits per heavy atom. The van der Waals surface area contributed by atoms with Gasteiger partial charge in [0.05, 0.1) is 11.4 Å². The Balaban J connectivity index is 1.31. The van der Waals surface area contributed by atoms with E-state index in [1.807, 2.05) is 42.5 Å². The highest BCUT2D eigenvalue weighted by atomic mass is 32.2. The standard InChI is InChI=1S/C19H15N5O2S2/c1-12-2-5-15(6-3-12)24-19(21-22-23-24)28-10-14-9-27-18(20-14)13-4-7-16-17(8-13)26-11-25-16/h2-9H,10-11H2,1H3. The van der Waals surface area contributed by atoms with E-state index in [1.165, 1.54) is 5.56 Å². The molecule has 0 radical (unpaired) electrons. The number of tetrazole rings is 1. The van der Waals surface area contributed by atoms with Crippen molar-refractivity contribution < 1.29 is 9.47 Å². The first-order valence-electron chi connectivity index (χ1n) is 8.59. The molecule has 0 saturated carbocycles. The molecule has 0 saturated heterocycles. The molecule has 0 amide bonds. The average molecular weight is 409 g/mol. The van der Waals surface area contributed by atoms with Gasteiger partial charge in [0.2, 0.25) is 11.9 Å². The Hall–Kier alpha value is -2.91. The fourth-order valence-corrected chi connectivity index (χ4v) is 4.50. The second-order valence-electron chi connectivity index (χ2n) is 6.21. The van der Waals surface area contributed by atoms with E-state index in [1.54, 1.807) is 27.8 Å². The van der Waals surface area contributed by atoms with Gasteiger partial charge >= 0.3 is 0 Å². The molecular weight excluding hydrogens is 394 g/mol. The number of rotatable bonds is 5. The number of benzene rings is 2. The highest BCUT2D eigenvalue weighted by Crippen LogP contribution is 2.37. The van der Waals surface area contributed by atoms with Crippen LogP contribution in [-0.4, -0.2) is 32.0 Å². The van der Waals surface area contributed by atoms with Crippen LogP contribution >= 0.6 is 23.1 Å². The van der Waals surface area contributed by atoms with E-state index in [-0.39, 0.29) is 6.79 Å². The largest absolute Gasteiger partial charge is 0.454 e. The summed E-state index contributed by atoms with van der Waals surface area (Å²) in [6, 6.07) is 14.0. The molecule has 1 aliphatic rings. The molecule has 0 aliphatic carbocycles. The predicted molar refractivity (Wildman–Crippen MR) is 107 cm³/mol. The van der Waals surface area contributed by atoms with Gasteiger partial charge in [-0.25, -0.2) is 4.98 Å². The number of aromatic nitrogens is 5. The summed E-state index contributed by atoms with van der Waals surface area (Å²) < 4.78 is 12.6. The van der Waals surface area contributed by atoms with Gasteiger partial charge in [0.25, 0.3) is 0 Å². The fourth-order valence-electron chi connectivity index (χ4n) is 2.79. The van der Waals surface area contributed by atoms with Crippen LogP contribution in [0.4, 0.5) is 0 Å². The van der Waals surface area contributed by atoms with Gasteiger partial charge in [-0.2, -0.15) is 4.68 Å². The minimum atomic E-state index is 0.272. The Morgan fingerprint density at radius 1 is 1.11 bits per heavy atom. The first-order valence-corrected chi connectivity index (χ1v) is 10.5. The van der Waals surface area contributed by atoms with Crippen molar-refractivity contribution in [1.82, 2.24) is 25.2 Å². The summed E-state index contributed by atoms with van der Waals surface area (Å²) in [5.41, 5.74) is 4.15. The Labute approximate surface area is 169 Å². The van der Waals surface area contributed by atoms with Crippen LogP contribution in [0.25, 0.3) is 16.3 Å². The quantitative estimate of drug-likeness (QED) is 0.459. The van der Waals surface area contributed by atoms with Crippen molar-refractivity contribution in [1.29, 1.82) is 0 Å². The van der Waals surface area contributed by atoms with Gasteiger partial charge in [-0.1, -0.05) is 29.5 Å². The summed E-state index contributed by atoms with van der Waals surface area (Å²) in [5, 5.41) is 15.8. The van der Waals surface area contributed by atoms with E-state index in [4.69, 9.17) is 14.5 Å². The summed E-state index contributed by atoms with van der Waals surface area (Å²) in [7, 11) is 0. The molecule has 28 heavy (non-hydrogen) atoms. The minimum Gasteiger partial charge on any atom is -0.454 e. The van der Waals surface area contributed by atoms with E-state index in [9.17, 15) is 0 Å². The summed E-state index contributed by atoms with van der Waals surface area (Å²) >= 11 is 3.17. The summed E-state index contributed by atoms with van der Waals surface area (Å²) in [5.74, 6) is 2.23. The lowest BCUT2D eigenvalue weighted by molar-refractivity contribution is 0.174. The molecular formula is C19H15N5O2S2. The molecule has 2 aromatic carbocycles. The van der Waals surface area contributed by atoms with Crippen LogP contribution in [0, 0.1) is 6.92 Å². The van der Waals surface area contributed by atoms with Gasteiger partial charge in [0, 0.05) is 16.7 Å². The van der Waals surface area contributed by atoms with E-state index in [2.05, 4.69) is 27.8 Å². The predicted octanol–water partition coefficient (Wildman–Crippen LogP) is 4.12. The summed E-state index contributed by atoms with van der Waals surface area (Å²) in [6.07, 6.45) is 0. The molecule has 9 heteroatoms. The SMILES string of the molecule is Cc1ccc(-n2nnnc2SCc2csc(-c3ccc4c(c3)OCO4)n2)cc1. The van der Waals surface area contributed by atoms with Crippen molar-refractivity contribution in [2.24, 2.45) is 0 Å². The molecule has 1 aliphatic heterocycles. The van der Waals surface area contributed by atoms with Crippen LogP contribution in [0.3, 0.4) is 0 Å². The van der Waals surface area contributed by atoms with Gasteiger partial charge in [-0.05, 0) is 47.7 Å². The van der Waals surface area contributed by atoms with Gasteiger partial charge < -0.3 is 9.47 Å². The van der Waals surface area contributed by atoms with Crippen LogP contribution in [0.15, 0.2) is 53.0 Å². The second kappa shape index (κ2) is 7.25. The third-order valence-electron chi connectivity index (χ3n) is 4.24. The minimum absolute atomic E-state index is 0.272. The van der Waals surface area contributed by atoms with Gasteiger partial charge in [-0.3, -0.25) is 0 Å². The van der Waals surface area contributed by atoms with Gasteiger partial charge in [0.15, 0.2) is 11.5 Å². The van der Waals surface area contributed by atoms with E-state index >= 15 is 0 Å². The maximum atomic E-state index is 5.45. The molecule has 140 valence electrons. The van der Waals surface area contributed by atoms with E-state index in [0.29, 0.717) is 5.75 Å². The first-order chi connectivity index (χ1) is 13.8. The maximum Gasteiger partial charge on any atom is 0.231 e. The molecule has 2 aromatic heterocycles. The Morgan fingerprint density at radius 3 is 2.86 bits per heavy atom. The molecule has 3 heterocycles. The zero-order valence-corrected chi connectivity index (χ0v) is 16.5. The highest BCUT2D eigenvalue weighted by Gasteiger charge is 2.16. The third kappa shape index (κ3) is 3.34. The fraction of sp³-hybridized carbons (Fsp3) is 0.158. The zero-order valence-electron chi connectivity index (χ0n) is 14.9. The van der Waals surface area contributed by atoms with Crippen LogP contribution in [0.1, 0.15) is 11.3 Å². The summed E-state index contributed by atoms with van der Waals surface area (Å²) in [4.78, 5) is 4.74. The van der Waals surface area contributed by atoms with Crippen molar-refractivity contribution in [2.45, 2.75) is 17.8 Å². The Kier molecular flexibility index (Phi) is 4.46. The lowest BCUT2D eigenvalue weighted by atomic mass is 10.2. The average Bonchev–Trinajstić information content (AvgIpc) is 3.46. The molecule has 0 unspecified atom stereocenters. The van der Waals surface area contributed by atoms with Crippen molar-refractivity contribution in [3.63, 3.8) is 0 Å². The molecule has 0 atom stereocenters. The molecule has 0 fully saturated rings. The molecule has 0 bridgehead atoms. The highest BCUT2D eigenvalue weighted by molar-refractivity contribution is 7.98. The second-order valence-corrected chi connectivity index (χ2v) is 8.01. The lowest BCUT2D eigenvalue weighted by Gasteiger charge is -2.03. The lowest BCUT2D eigenvalue weighted by Crippen LogP contribution is -1.99. The van der Waals surface area contributed by atoms with Crippen LogP contribution in [-0.2, 0) is 5.75 Å². The normalized spacial score (nSPS) is 12.5. The molecule has 4 aromatic rings. The number of ether oxygens (including phenoxy) is 2. The number of hydrogen-bond donors (Lipinski definition) is 0. The van der Waals surface area contributed by atoms with Gasteiger partial charge in [0.1, 0.15) is 5.01 Å². The maximum absolute atomic E-state index is 5.45. The summed E-state index contributed by atoms with van der Waals surface area (Å²) in [6.45, 7) is 2.33. The van der Waals surface area contributed by atoms with E-state index in [0.717, 1.165) is 38.6 Å². The monoisotopic (exact) mass is 409 g/mol. The van der Waals surface area contributed by atoms with Crippen molar-refractivity contribution >= 4 is 23.1 Å². The van der Waals surface area contributed by atoms with E-state index < -0.39 is 0 Å². The van der Waals surface area contributed by atoms with Crippen LogP contribution < -0.4 is 9.47 Å². The molecule has 0 N–H and O–H groups in total. The number of thiazole rings is 1. The first kappa shape index (κ1) is 17.2. The van der Waals surface area contributed by atoms with Crippen LogP contribution in [0.5, 0.6) is 11.5 Å². The third-order valence-corrected chi connectivity index (χ3v) is 6.13. The van der Waals surface area contributed by atoms with Gasteiger partial charge in [-0.15, -0.1) is 16.4 Å². The molecule has 5 rings (SSSR count). The molecule has 7 nitrogen and oxygen atoms in total. The topological polar surface area (TPSA) is 75.0 Å². The van der Waals surface area contributed by atoms with Crippen LogP contribution in [0.2, 0.25) is 0 Å². The smallest absolute Gasteiger partial charge is 0.231 e. The molecule has 0 spiro atoms. The number of hydrogen-bond acceptors (Lipinski definition) is 8. The number of fused-ring (bicyclic) bond motifs is 1. The Bertz CT molecular complexity index is 1120. The number of thioether (sulfide) groups is 1. The zero-order chi connectivity index (χ0) is 18.9. The van der Waals surface area contributed by atoms with Crippen molar-refractivity contribution in [3.8, 4) is 27.8 Å². The number of nitrogens with zero attached hydrogens (tertiary/aromatic N) is 5.